The van der Waals surface area contributed by atoms with Gasteiger partial charge in [-0.3, -0.25) is 9.59 Å². The quantitative estimate of drug-likeness (QED) is 0.887. The van der Waals surface area contributed by atoms with Crippen molar-refractivity contribution in [3.8, 4) is 0 Å². The highest BCUT2D eigenvalue weighted by Gasteiger charge is 2.41. The molecule has 0 aliphatic carbocycles. The minimum Gasteiger partial charge on any atom is -0.353 e. The van der Waals surface area contributed by atoms with Crippen LogP contribution in [0.5, 0.6) is 0 Å². The number of halogens is 1. The molecule has 0 aromatic carbocycles. The largest absolute Gasteiger partial charge is 0.353 e. The third-order valence-electron chi connectivity index (χ3n) is 4.84. The minimum absolute atomic E-state index is 0.119. The molecule has 0 saturated carbocycles. The van der Waals surface area contributed by atoms with Crippen LogP contribution < -0.4 is 10.5 Å². The second-order valence-electron chi connectivity index (χ2n) is 6.25. The molecule has 0 radical (unpaired) electrons. The highest BCUT2D eigenvalue weighted by molar-refractivity contribution is 7.12. The molecule has 8 heteroatoms. The Balaban J connectivity index is 1.57. The Hall–Kier alpha value is -1.86. The molecule has 2 aromatic heterocycles. The normalized spacial score (nSPS) is 23.4. The molecular weight excluding hydrogens is 348 g/mol. The van der Waals surface area contributed by atoms with Gasteiger partial charge in [0.2, 0.25) is 0 Å². The summed E-state index contributed by atoms with van der Waals surface area (Å²) >= 11 is 7.40. The zero-order chi connectivity index (χ0) is 16.7. The van der Waals surface area contributed by atoms with Crippen molar-refractivity contribution < 1.29 is 4.79 Å². The maximum absolute atomic E-state index is 12.8. The van der Waals surface area contributed by atoms with Gasteiger partial charge in [0.25, 0.3) is 11.5 Å². The zero-order valence-electron chi connectivity index (χ0n) is 12.9. The van der Waals surface area contributed by atoms with E-state index < -0.39 is 0 Å². The minimum atomic E-state index is -0.383. The molecule has 2 saturated heterocycles. The van der Waals surface area contributed by atoms with E-state index in [-0.39, 0.29) is 22.5 Å². The second-order valence-corrected chi connectivity index (χ2v) is 7.61. The van der Waals surface area contributed by atoms with Crippen LogP contribution in [0.1, 0.15) is 22.5 Å². The van der Waals surface area contributed by atoms with Crippen LogP contribution in [0.15, 0.2) is 28.4 Å². The van der Waals surface area contributed by atoms with E-state index in [1.54, 1.807) is 6.07 Å². The van der Waals surface area contributed by atoms with Crippen LogP contribution in [0.25, 0.3) is 0 Å². The second kappa shape index (κ2) is 6.22. The average Bonchev–Trinajstić information content (AvgIpc) is 3.25. The van der Waals surface area contributed by atoms with E-state index in [1.807, 2.05) is 22.4 Å². The zero-order valence-corrected chi connectivity index (χ0v) is 14.5. The Morgan fingerprint density at radius 3 is 3.04 bits per heavy atom. The van der Waals surface area contributed by atoms with Crippen LogP contribution in [0.4, 0.5) is 5.82 Å². The molecule has 0 unspecified atom stereocenters. The van der Waals surface area contributed by atoms with Gasteiger partial charge in [0.1, 0.15) is 5.02 Å². The Morgan fingerprint density at radius 2 is 2.29 bits per heavy atom. The Morgan fingerprint density at radius 1 is 1.42 bits per heavy atom. The van der Waals surface area contributed by atoms with E-state index in [0.29, 0.717) is 11.7 Å². The van der Waals surface area contributed by atoms with Gasteiger partial charge in [0.05, 0.1) is 10.9 Å². The Kier molecular flexibility index (Phi) is 4.05. The fourth-order valence-electron chi connectivity index (χ4n) is 3.70. The maximum Gasteiger partial charge on any atom is 0.283 e. The number of thiophene rings is 1. The fourth-order valence-corrected chi connectivity index (χ4v) is 4.51. The molecule has 2 aliphatic heterocycles. The molecule has 2 fully saturated rings. The summed E-state index contributed by atoms with van der Waals surface area (Å²) in [6.45, 7) is 2.34. The van der Waals surface area contributed by atoms with Gasteiger partial charge in [0, 0.05) is 25.7 Å². The molecule has 4 rings (SSSR count). The monoisotopic (exact) mass is 364 g/mol. The van der Waals surface area contributed by atoms with Crippen molar-refractivity contribution in [2.24, 2.45) is 5.92 Å². The average molecular weight is 365 g/mol. The first-order valence-electron chi connectivity index (χ1n) is 7.98. The van der Waals surface area contributed by atoms with Gasteiger partial charge in [0.15, 0.2) is 5.82 Å². The van der Waals surface area contributed by atoms with Crippen molar-refractivity contribution in [2.45, 2.75) is 18.9 Å². The number of carbonyl (C=O) groups excluding carboxylic acids is 1. The molecule has 0 spiro atoms. The number of nitrogens with one attached hydrogen (secondary N) is 1. The lowest BCUT2D eigenvalue weighted by atomic mass is 9.92. The summed E-state index contributed by atoms with van der Waals surface area (Å²) in [5.41, 5.74) is -0.383. The summed E-state index contributed by atoms with van der Waals surface area (Å²) in [6.07, 6.45) is 2.12. The van der Waals surface area contributed by atoms with Crippen molar-refractivity contribution >= 4 is 34.7 Å². The molecule has 4 heterocycles. The number of hydrogen-bond acceptors (Lipinski definition) is 5. The van der Waals surface area contributed by atoms with Gasteiger partial charge >= 0.3 is 0 Å². The van der Waals surface area contributed by atoms with Gasteiger partial charge in [-0.1, -0.05) is 17.7 Å². The Bertz CT molecular complexity index is 807. The molecule has 126 valence electrons. The lowest BCUT2D eigenvalue weighted by Gasteiger charge is -2.36. The number of H-pyrrole nitrogens is 1. The summed E-state index contributed by atoms with van der Waals surface area (Å²) in [6, 6.07) is 5.57. The van der Waals surface area contributed by atoms with Crippen LogP contribution in [0.2, 0.25) is 5.02 Å². The lowest BCUT2D eigenvalue weighted by Crippen LogP contribution is -2.48. The van der Waals surface area contributed by atoms with E-state index in [9.17, 15) is 9.59 Å². The smallest absolute Gasteiger partial charge is 0.283 e. The lowest BCUT2D eigenvalue weighted by molar-refractivity contribution is 0.0580. The van der Waals surface area contributed by atoms with Gasteiger partial charge in [-0.15, -0.1) is 11.3 Å². The standard InChI is InChI=1S/C16H17ClN4O2S/c17-11-7-14(18-19-15(11)22)20-8-10-3-1-5-21(12(10)9-20)16(23)13-4-2-6-24-13/h2,4,6-7,10,12H,1,3,5,8-9H2,(H,19,22)/t10-,12+/m0/s1. The number of anilines is 1. The number of carbonyl (C=O) groups is 1. The fraction of sp³-hybridized carbons (Fsp3) is 0.438. The number of fused-ring (bicyclic) bond motifs is 1. The Labute approximate surface area is 148 Å². The van der Waals surface area contributed by atoms with E-state index in [0.717, 1.165) is 37.4 Å². The summed E-state index contributed by atoms with van der Waals surface area (Å²) in [4.78, 5) is 29.1. The van der Waals surface area contributed by atoms with Crippen LogP contribution in [-0.2, 0) is 0 Å². The highest BCUT2D eigenvalue weighted by Crippen LogP contribution is 2.34. The highest BCUT2D eigenvalue weighted by atomic mass is 35.5. The molecule has 2 atom stereocenters. The van der Waals surface area contributed by atoms with Gasteiger partial charge in [-0.25, -0.2) is 5.10 Å². The number of amides is 1. The van der Waals surface area contributed by atoms with Gasteiger partial charge in [-0.2, -0.15) is 5.10 Å². The molecule has 0 bridgehead atoms. The number of rotatable bonds is 2. The summed E-state index contributed by atoms with van der Waals surface area (Å²) in [5.74, 6) is 1.21. The molecule has 2 aromatic rings. The van der Waals surface area contributed by atoms with Crippen LogP contribution in [-0.4, -0.2) is 46.7 Å². The third-order valence-corrected chi connectivity index (χ3v) is 5.98. The topological polar surface area (TPSA) is 69.3 Å². The summed E-state index contributed by atoms with van der Waals surface area (Å²) in [7, 11) is 0. The number of nitrogens with zero attached hydrogens (tertiary/aromatic N) is 3. The SMILES string of the molecule is O=C(c1cccs1)N1CCC[C@H]2CN(c3cc(Cl)c(=O)[nH]n3)C[C@H]21. The number of likely N-dealkylation sites (tertiary alicyclic amines) is 1. The predicted octanol–water partition coefficient (Wildman–Crippen LogP) is 2.23. The third kappa shape index (κ3) is 2.71. The van der Waals surface area contributed by atoms with Crippen molar-refractivity contribution in [1.29, 1.82) is 0 Å². The van der Waals surface area contributed by atoms with Gasteiger partial charge < -0.3 is 9.80 Å². The predicted molar refractivity (Wildman–Crippen MR) is 93.9 cm³/mol. The molecule has 1 amide bonds. The van der Waals surface area contributed by atoms with E-state index in [4.69, 9.17) is 11.6 Å². The molecule has 24 heavy (non-hydrogen) atoms. The number of aromatic nitrogens is 2. The van der Waals surface area contributed by atoms with Crippen LogP contribution in [0.3, 0.4) is 0 Å². The first kappa shape index (κ1) is 15.7. The van der Waals surface area contributed by atoms with Crippen molar-refractivity contribution in [3.63, 3.8) is 0 Å². The molecule has 6 nitrogen and oxygen atoms in total. The maximum atomic E-state index is 12.8. The van der Waals surface area contributed by atoms with Crippen molar-refractivity contribution in [3.05, 3.63) is 43.8 Å². The molecule has 1 N–H and O–H groups in total. The summed E-state index contributed by atoms with van der Waals surface area (Å²) < 4.78 is 0. The van der Waals surface area contributed by atoms with E-state index in [1.165, 1.54) is 11.3 Å². The van der Waals surface area contributed by atoms with Crippen LogP contribution in [0, 0.1) is 5.92 Å². The van der Waals surface area contributed by atoms with Crippen LogP contribution >= 0.6 is 22.9 Å². The molecule has 2 aliphatic rings. The first-order valence-corrected chi connectivity index (χ1v) is 9.24. The number of piperidine rings is 1. The first-order chi connectivity index (χ1) is 11.6. The molecular formula is C16H17ClN4O2S. The van der Waals surface area contributed by atoms with Crippen molar-refractivity contribution in [2.75, 3.05) is 24.5 Å². The van der Waals surface area contributed by atoms with Crippen molar-refractivity contribution in [1.82, 2.24) is 15.1 Å². The number of aromatic amines is 1. The van der Waals surface area contributed by atoms with E-state index >= 15 is 0 Å². The van der Waals surface area contributed by atoms with E-state index in [2.05, 4.69) is 15.1 Å². The van der Waals surface area contributed by atoms with Gasteiger partial charge in [-0.05, 0) is 30.2 Å². The summed E-state index contributed by atoms with van der Waals surface area (Å²) in [5, 5.41) is 8.60. The number of hydrogen-bond donors (Lipinski definition) is 1.